The molecular weight excluding hydrogens is 384 g/mol. The summed E-state index contributed by atoms with van der Waals surface area (Å²) in [7, 11) is -3.60. The molecule has 5 nitrogen and oxygen atoms in total. The van der Waals surface area contributed by atoms with Gasteiger partial charge in [-0.25, -0.2) is 8.42 Å². The van der Waals surface area contributed by atoms with Gasteiger partial charge in [-0.2, -0.15) is 0 Å². The highest BCUT2D eigenvalue weighted by Gasteiger charge is 2.23. The Kier molecular flexibility index (Phi) is 4.88. The number of hydrogen-bond acceptors (Lipinski definition) is 3. The van der Waals surface area contributed by atoms with Crippen molar-refractivity contribution in [1.29, 1.82) is 0 Å². The van der Waals surface area contributed by atoms with Crippen LogP contribution in [-0.4, -0.2) is 27.1 Å². The molecule has 4 rings (SSSR count). The number of nitrogens with one attached hydrogen (secondary N) is 1. The number of carbonyl (C=O) groups is 1. The number of aryl methyl sites for hydroxylation is 1. The van der Waals surface area contributed by atoms with Gasteiger partial charge in [-0.05, 0) is 59.4 Å². The quantitative estimate of drug-likeness (QED) is 0.545. The number of para-hydroxylation sites is 1. The Hall–Kier alpha value is -3.12. The summed E-state index contributed by atoms with van der Waals surface area (Å²) in [6.45, 7) is 1.54. The second kappa shape index (κ2) is 7.37. The Labute approximate surface area is 171 Å². The fourth-order valence-corrected chi connectivity index (χ4v) is 4.67. The van der Waals surface area contributed by atoms with Gasteiger partial charge < -0.3 is 5.32 Å². The first kappa shape index (κ1) is 19.2. The summed E-state index contributed by atoms with van der Waals surface area (Å²) in [5, 5.41) is 2.85. The highest BCUT2D eigenvalue weighted by Crippen LogP contribution is 2.37. The van der Waals surface area contributed by atoms with Crippen LogP contribution in [0.3, 0.4) is 0 Å². The van der Waals surface area contributed by atoms with Gasteiger partial charge in [-0.1, -0.05) is 48.5 Å². The maximum Gasteiger partial charge on any atom is 0.245 e. The highest BCUT2D eigenvalue weighted by molar-refractivity contribution is 7.92. The normalized spacial score (nSPS) is 12.2. The van der Waals surface area contributed by atoms with E-state index < -0.39 is 10.0 Å². The fraction of sp³-hybridized carbons (Fsp3) is 0.174. The molecule has 3 aromatic rings. The molecule has 1 aliphatic rings. The zero-order valence-corrected chi connectivity index (χ0v) is 17.2. The lowest BCUT2D eigenvalue weighted by atomic mass is 10.1. The van der Waals surface area contributed by atoms with Crippen LogP contribution in [0, 0.1) is 6.92 Å². The van der Waals surface area contributed by atoms with Crippen molar-refractivity contribution in [1.82, 2.24) is 0 Å². The van der Waals surface area contributed by atoms with E-state index in [1.807, 2.05) is 49.4 Å². The molecule has 0 spiro atoms. The van der Waals surface area contributed by atoms with Crippen molar-refractivity contribution in [3.05, 3.63) is 83.4 Å². The molecule has 0 aromatic heterocycles. The molecule has 1 amide bonds. The number of hydrogen-bond donors (Lipinski definition) is 1. The van der Waals surface area contributed by atoms with E-state index in [4.69, 9.17) is 0 Å². The smallest absolute Gasteiger partial charge is 0.245 e. The zero-order valence-electron chi connectivity index (χ0n) is 16.3. The van der Waals surface area contributed by atoms with E-state index in [-0.39, 0.29) is 12.5 Å². The molecule has 29 heavy (non-hydrogen) atoms. The van der Waals surface area contributed by atoms with Gasteiger partial charge in [0.25, 0.3) is 0 Å². The minimum absolute atomic E-state index is 0.280. The fourth-order valence-electron chi connectivity index (χ4n) is 3.76. The maximum atomic E-state index is 12.7. The van der Waals surface area contributed by atoms with Crippen LogP contribution >= 0.6 is 0 Å². The number of amides is 1. The largest absolute Gasteiger partial charge is 0.324 e. The summed E-state index contributed by atoms with van der Waals surface area (Å²) < 4.78 is 25.8. The summed E-state index contributed by atoms with van der Waals surface area (Å²) in [6.07, 6.45) is 1.99. The van der Waals surface area contributed by atoms with E-state index in [0.717, 1.165) is 28.1 Å². The molecule has 0 heterocycles. The van der Waals surface area contributed by atoms with E-state index in [9.17, 15) is 13.2 Å². The van der Waals surface area contributed by atoms with Crippen molar-refractivity contribution >= 4 is 27.3 Å². The molecule has 6 heteroatoms. The Bertz CT molecular complexity index is 1200. The molecule has 0 aliphatic heterocycles. The van der Waals surface area contributed by atoms with Crippen molar-refractivity contribution < 1.29 is 13.2 Å². The second-order valence-corrected chi connectivity index (χ2v) is 9.22. The topological polar surface area (TPSA) is 66.5 Å². The molecule has 0 fully saturated rings. The van der Waals surface area contributed by atoms with Crippen LogP contribution in [0.25, 0.3) is 11.1 Å². The molecule has 1 N–H and O–H groups in total. The third-order valence-electron chi connectivity index (χ3n) is 5.15. The van der Waals surface area contributed by atoms with Crippen LogP contribution in [0.5, 0.6) is 0 Å². The summed E-state index contributed by atoms with van der Waals surface area (Å²) in [5.74, 6) is -0.384. The summed E-state index contributed by atoms with van der Waals surface area (Å²) in [5.41, 5.74) is 6.74. The molecule has 1 aliphatic carbocycles. The van der Waals surface area contributed by atoms with Gasteiger partial charge in [-0.3, -0.25) is 9.10 Å². The Morgan fingerprint density at radius 2 is 1.66 bits per heavy atom. The molecule has 0 bridgehead atoms. The molecule has 0 saturated carbocycles. The number of carbonyl (C=O) groups excluding carboxylic acids is 1. The van der Waals surface area contributed by atoms with Crippen molar-refractivity contribution in [3.8, 4) is 11.1 Å². The Morgan fingerprint density at radius 3 is 2.41 bits per heavy atom. The van der Waals surface area contributed by atoms with Gasteiger partial charge in [0.15, 0.2) is 0 Å². The first-order valence-electron chi connectivity index (χ1n) is 9.37. The predicted octanol–water partition coefficient (Wildman–Crippen LogP) is 3.97. The number of anilines is 2. The molecule has 0 atom stereocenters. The van der Waals surface area contributed by atoms with Gasteiger partial charge in [0.2, 0.25) is 15.9 Å². The summed E-state index contributed by atoms with van der Waals surface area (Å²) in [4.78, 5) is 12.7. The molecule has 148 valence electrons. The van der Waals surface area contributed by atoms with E-state index in [1.54, 1.807) is 12.1 Å². The van der Waals surface area contributed by atoms with Crippen molar-refractivity contribution in [2.24, 2.45) is 0 Å². The SMILES string of the molecule is Cc1ccccc1N(CC(=O)Nc1ccc2c(c1)-c1ccccc1C2)S(C)(=O)=O. The van der Waals surface area contributed by atoms with Crippen molar-refractivity contribution in [3.63, 3.8) is 0 Å². The summed E-state index contributed by atoms with van der Waals surface area (Å²) in [6, 6.07) is 21.2. The number of rotatable bonds is 5. The lowest BCUT2D eigenvalue weighted by molar-refractivity contribution is -0.114. The lowest BCUT2D eigenvalue weighted by Crippen LogP contribution is -2.37. The van der Waals surface area contributed by atoms with Crippen molar-refractivity contribution in [2.45, 2.75) is 13.3 Å². The van der Waals surface area contributed by atoms with Crippen LogP contribution in [0.15, 0.2) is 66.7 Å². The van der Waals surface area contributed by atoms with E-state index in [0.29, 0.717) is 11.4 Å². The third kappa shape index (κ3) is 3.89. The molecular formula is C23H22N2O3S. The number of sulfonamides is 1. The number of fused-ring (bicyclic) bond motifs is 3. The van der Waals surface area contributed by atoms with Gasteiger partial charge in [0.05, 0.1) is 11.9 Å². The number of benzene rings is 3. The average molecular weight is 407 g/mol. The predicted molar refractivity (Wildman–Crippen MR) is 117 cm³/mol. The van der Waals surface area contributed by atoms with Crippen LogP contribution in [0.4, 0.5) is 11.4 Å². The monoisotopic (exact) mass is 406 g/mol. The molecule has 0 saturated heterocycles. The van der Waals surface area contributed by atoms with E-state index in [2.05, 4.69) is 17.4 Å². The third-order valence-corrected chi connectivity index (χ3v) is 6.28. The zero-order chi connectivity index (χ0) is 20.6. The standard InChI is InChI=1S/C23H22N2O3S/c1-16-7-3-6-10-22(16)25(29(2,27)28)15-23(26)24-19-12-11-18-13-17-8-4-5-9-20(17)21(18)14-19/h3-12,14H,13,15H2,1-2H3,(H,24,26). The highest BCUT2D eigenvalue weighted by atomic mass is 32.2. The lowest BCUT2D eigenvalue weighted by Gasteiger charge is -2.23. The van der Waals surface area contributed by atoms with Gasteiger partial charge in [-0.15, -0.1) is 0 Å². The van der Waals surface area contributed by atoms with Gasteiger partial charge >= 0.3 is 0 Å². The van der Waals surface area contributed by atoms with Crippen molar-refractivity contribution in [2.75, 3.05) is 22.4 Å². The van der Waals surface area contributed by atoms with Gasteiger partial charge in [0, 0.05) is 5.69 Å². The van der Waals surface area contributed by atoms with Crippen LogP contribution < -0.4 is 9.62 Å². The van der Waals surface area contributed by atoms with Crippen LogP contribution in [-0.2, 0) is 21.2 Å². The first-order valence-corrected chi connectivity index (χ1v) is 11.2. The maximum absolute atomic E-state index is 12.7. The van der Waals surface area contributed by atoms with E-state index in [1.165, 1.54) is 16.7 Å². The Balaban J connectivity index is 1.57. The molecule has 3 aromatic carbocycles. The molecule has 0 unspecified atom stereocenters. The Morgan fingerprint density at radius 1 is 0.966 bits per heavy atom. The average Bonchev–Trinajstić information content (AvgIpc) is 3.04. The number of nitrogens with zero attached hydrogens (tertiary/aromatic N) is 1. The van der Waals surface area contributed by atoms with Crippen LogP contribution in [0.1, 0.15) is 16.7 Å². The minimum atomic E-state index is -3.60. The molecule has 0 radical (unpaired) electrons. The summed E-state index contributed by atoms with van der Waals surface area (Å²) >= 11 is 0. The van der Waals surface area contributed by atoms with Gasteiger partial charge in [0.1, 0.15) is 6.54 Å². The van der Waals surface area contributed by atoms with E-state index >= 15 is 0 Å². The first-order chi connectivity index (χ1) is 13.8. The van der Waals surface area contributed by atoms with Crippen LogP contribution in [0.2, 0.25) is 0 Å². The minimum Gasteiger partial charge on any atom is -0.324 e. The second-order valence-electron chi connectivity index (χ2n) is 7.31.